The predicted octanol–water partition coefficient (Wildman–Crippen LogP) is 3.09. The van der Waals surface area contributed by atoms with E-state index in [1.54, 1.807) is 0 Å². The van der Waals surface area contributed by atoms with Gasteiger partial charge < -0.3 is 0 Å². The van der Waals surface area contributed by atoms with Gasteiger partial charge in [-0.1, -0.05) is 19.1 Å². The smallest absolute Gasteiger partial charge is 0.0758 e. The minimum atomic E-state index is 0.928. The van der Waals surface area contributed by atoms with E-state index in [1.807, 2.05) is 30.5 Å². The normalized spacial score (nSPS) is 10.7. The van der Waals surface area contributed by atoms with Crippen molar-refractivity contribution in [3.05, 3.63) is 24.3 Å². The first-order valence-electron chi connectivity index (χ1n) is 3.65. The van der Waals surface area contributed by atoms with Crippen LogP contribution in [0.5, 0.6) is 0 Å². The van der Waals surface area contributed by atoms with E-state index in [1.165, 1.54) is 0 Å². The second kappa shape index (κ2) is 4.19. The average molecular weight is 165 g/mol. The lowest BCUT2D eigenvalue weighted by molar-refractivity contribution is 1.29. The molecule has 0 N–H and O–H groups in total. The quantitative estimate of drug-likeness (QED) is 0.510. The van der Waals surface area contributed by atoms with Crippen molar-refractivity contribution in [2.24, 2.45) is 4.99 Å². The number of benzene rings is 1. The van der Waals surface area contributed by atoms with E-state index in [4.69, 9.17) is 0 Å². The lowest BCUT2D eigenvalue weighted by atomic mass is 10.3. The van der Waals surface area contributed by atoms with Crippen molar-refractivity contribution in [2.75, 3.05) is 0 Å². The Balaban J connectivity index is 2.86. The van der Waals surface area contributed by atoms with Gasteiger partial charge >= 0.3 is 0 Å². The topological polar surface area (TPSA) is 12.4 Å². The van der Waals surface area contributed by atoms with Crippen LogP contribution in [0.4, 0.5) is 5.69 Å². The van der Waals surface area contributed by atoms with Crippen LogP contribution in [0.1, 0.15) is 13.3 Å². The van der Waals surface area contributed by atoms with Gasteiger partial charge in [-0.25, -0.2) is 0 Å². The average Bonchev–Trinajstić information content (AvgIpc) is 2.03. The Morgan fingerprint density at radius 3 is 2.82 bits per heavy atom. The van der Waals surface area contributed by atoms with E-state index < -0.39 is 0 Å². The van der Waals surface area contributed by atoms with Gasteiger partial charge in [-0.05, 0) is 18.6 Å². The number of thiol groups is 1. The molecule has 0 saturated heterocycles. The molecule has 0 spiro atoms. The molecule has 2 heteroatoms. The molecule has 0 aliphatic rings. The Morgan fingerprint density at radius 1 is 1.45 bits per heavy atom. The Labute approximate surface area is 72.6 Å². The summed E-state index contributed by atoms with van der Waals surface area (Å²) >= 11 is 4.26. The molecule has 0 heterocycles. The van der Waals surface area contributed by atoms with Crippen molar-refractivity contribution < 1.29 is 0 Å². The molecule has 58 valence electrons. The molecular formula is C9H11NS. The molecule has 0 unspecified atom stereocenters. The third-order valence-corrected chi connectivity index (χ3v) is 1.67. The second-order valence-corrected chi connectivity index (χ2v) is 2.69. The van der Waals surface area contributed by atoms with E-state index in [0.29, 0.717) is 0 Å². The third kappa shape index (κ3) is 2.39. The molecule has 0 amide bonds. The molecule has 0 aromatic heterocycles. The molecule has 0 radical (unpaired) electrons. The number of hydrogen-bond donors (Lipinski definition) is 1. The van der Waals surface area contributed by atoms with Gasteiger partial charge in [0.2, 0.25) is 0 Å². The molecule has 0 bridgehead atoms. The lowest BCUT2D eigenvalue weighted by Crippen LogP contribution is -1.70. The van der Waals surface area contributed by atoms with Gasteiger partial charge in [0.1, 0.15) is 0 Å². The van der Waals surface area contributed by atoms with E-state index in [2.05, 4.69) is 24.5 Å². The van der Waals surface area contributed by atoms with Gasteiger partial charge in [-0.15, -0.1) is 12.6 Å². The molecule has 0 saturated carbocycles. The molecule has 0 aliphatic heterocycles. The maximum atomic E-state index is 4.26. The monoisotopic (exact) mass is 165 g/mol. The van der Waals surface area contributed by atoms with Crippen molar-refractivity contribution >= 4 is 24.5 Å². The van der Waals surface area contributed by atoms with Crippen molar-refractivity contribution in [3.63, 3.8) is 0 Å². The zero-order chi connectivity index (χ0) is 8.10. The Kier molecular flexibility index (Phi) is 3.17. The van der Waals surface area contributed by atoms with Gasteiger partial charge in [0.05, 0.1) is 5.69 Å². The van der Waals surface area contributed by atoms with E-state index in [9.17, 15) is 0 Å². The number of para-hydroxylation sites is 1. The van der Waals surface area contributed by atoms with E-state index >= 15 is 0 Å². The number of nitrogens with zero attached hydrogens (tertiary/aromatic N) is 1. The number of rotatable bonds is 2. The largest absolute Gasteiger partial charge is 0.260 e. The Hall–Kier alpha value is -0.760. The van der Waals surface area contributed by atoms with Crippen molar-refractivity contribution in [1.29, 1.82) is 0 Å². The van der Waals surface area contributed by atoms with Gasteiger partial charge in [-0.2, -0.15) is 0 Å². The zero-order valence-electron chi connectivity index (χ0n) is 6.49. The molecule has 1 aromatic rings. The van der Waals surface area contributed by atoms with Crippen molar-refractivity contribution in [2.45, 2.75) is 18.2 Å². The molecule has 0 aliphatic carbocycles. The summed E-state index contributed by atoms with van der Waals surface area (Å²) in [5, 5.41) is 0. The molecule has 1 aromatic carbocycles. The maximum absolute atomic E-state index is 4.26. The van der Waals surface area contributed by atoms with Crippen LogP contribution in [0.3, 0.4) is 0 Å². The summed E-state index contributed by atoms with van der Waals surface area (Å²) in [7, 11) is 0. The fourth-order valence-electron chi connectivity index (χ4n) is 0.763. The first kappa shape index (κ1) is 8.34. The summed E-state index contributed by atoms with van der Waals surface area (Å²) in [6.07, 6.45) is 2.84. The minimum absolute atomic E-state index is 0.928. The van der Waals surface area contributed by atoms with Gasteiger partial charge in [0, 0.05) is 11.1 Å². The minimum Gasteiger partial charge on any atom is -0.260 e. The first-order valence-corrected chi connectivity index (χ1v) is 4.10. The highest BCUT2D eigenvalue weighted by molar-refractivity contribution is 7.80. The van der Waals surface area contributed by atoms with Crippen molar-refractivity contribution in [3.8, 4) is 0 Å². The van der Waals surface area contributed by atoms with Crippen LogP contribution in [-0.4, -0.2) is 6.21 Å². The molecule has 11 heavy (non-hydrogen) atoms. The van der Waals surface area contributed by atoms with Crippen LogP contribution in [0.15, 0.2) is 34.2 Å². The van der Waals surface area contributed by atoms with Crippen LogP contribution in [0.2, 0.25) is 0 Å². The standard InChI is InChI=1S/C9H11NS/c1-2-7-10-8-5-3-4-6-9(8)11/h3-7,11H,2H2,1H3. The third-order valence-electron chi connectivity index (χ3n) is 1.29. The Morgan fingerprint density at radius 2 is 2.18 bits per heavy atom. The maximum Gasteiger partial charge on any atom is 0.0758 e. The predicted molar refractivity (Wildman–Crippen MR) is 52.1 cm³/mol. The summed E-state index contributed by atoms with van der Waals surface area (Å²) in [6.45, 7) is 2.06. The van der Waals surface area contributed by atoms with E-state index in [0.717, 1.165) is 17.0 Å². The summed E-state index contributed by atoms with van der Waals surface area (Å²) in [4.78, 5) is 5.15. The Bertz CT molecular complexity index is 255. The lowest BCUT2D eigenvalue weighted by Gasteiger charge is -1.95. The molecule has 1 rings (SSSR count). The molecular weight excluding hydrogens is 154 g/mol. The number of aliphatic imine (C=N–C) groups is 1. The molecule has 0 atom stereocenters. The first-order chi connectivity index (χ1) is 5.34. The highest BCUT2D eigenvalue weighted by Crippen LogP contribution is 2.21. The second-order valence-electron chi connectivity index (χ2n) is 2.21. The fourth-order valence-corrected chi connectivity index (χ4v) is 0.981. The SMILES string of the molecule is CCC=Nc1ccccc1S. The summed E-state index contributed by atoms with van der Waals surface area (Å²) in [6, 6.07) is 7.80. The van der Waals surface area contributed by atoms with Crippen LogP contribution in [-0.2, 0) is 0 Å². The summed E-state index contributed by atoms with van der Waals surface area (Å²) < 4.78 is 0. The highest BCUT2D eigenvalue weighted by atomic mass is 32.1. The van der Waals surface area contributed by atoms with Crippen LogP contribution in [0.25, 0.3) is 0 Å². The van der Waals surface area contributed by atoms with Gasteiger partial charge in [-0.3, -0.25) is 4.99 Å². The fraction of sp³-hybridized carbons (Fsp3) is 0.222. The highest BCUT2D eigenvalue weighted by Gasteiger charge is 1.90. The van der Waals surface area contributed by atoms with E-state index in [-0.39, 0.29) is 0 Å². The zero-order valence-corrected chi connectivity index (χ0v) is 7.38. The summed E-state index contributed by atoms with van der Waals surface area (Å²) in [5.41, 5.74) is 0.942. The van der Waals surface area contributed by atoms with Gasteiger partial charge in [0.25, 0.3) is 0 Å². The molecule has 1 nitrogen and oxygen atoms in total. The van der Waals surface area contributed by atoms with Crippen LogP contribution >= 0.6 is 12.6 Å². The van der Waals surface area contributed by atoms with Crippen LogP contribution < -0.4 is 0 Å². The van der Waals surface area contributed by atoms with Crippen molar-refractivity contribution in [1.82, 2.24) is 0 Å². The number of hydrogen-bond acceptors (Lipinski definition) is 2. The summed E-state index contributed by atoms with van der Waals surface area (Å²) in [5.74, 6) is 0. The molecule has 0 fully saturated rings. The van der Waals surface area contributed by atoms with Crippen LogP contribution in [0, 0.1) is 0 Å². The van der Waals surface area contributed by atoms with Gasteiger partial charge in [0.15, 0.2) is 0 Å².